The summed E-state index contributed by atoms with van der Waals surface area (Å²) in [5.41, 5.74) is 2.56. The van der Waals surface area contributed by atoms with Gasteiger partial charge in [-0.2, -0.15) is 0 Å². The van der Waals surface area contributed by atoms with Crippen molar-refractivity contribution in [2.24, 2.45) is 5.92 Å². The van der Waals surface area contributed by atoms with Gasteiger partial charge < -0.3 is 15.2 Å². The van der Waals surface area contributed by atoms with Crippen LogP contribution in [0, 0.1) is 5.92 Å². The molecule has 2 rings (SSSR count). The zero-order valence-electron chi connectivity index (χ0n) is 13.6. The molecule has 4 nitrogen and oxygen atoms in total. The molecular weight excluding hydrogens is 290 g/mol. The van der Waals surface area contributed by atoms with E-state index in [1.54, 1.807) is 12.1 Å². The highest BCUT2D eigenvalue weighted by Gasteiger charge is 2.02. The number of carboxylic acids is 1. The van der Waals surface area contributed by atoms with Crippen molar-refractivity contribution in [3.8, 4) is 5.75 Å². The van der Waals surface area contributed by atoms with Crippen molar-refractivity contribution in [3.05, 3.63) is 65.2 Å². The third kappa shape index (κ3) is 5.75. The standard InChI is InChI=1S/C19H23NO3/c1-14(2)13-23-18-9-5-16(6-10-18)12-20-11-15-3-7-17(8-4-15)19(21)22/h3-10,14,20H,11-13H2,1-2H3,(H,21,22). The molecule has 4 heteroatoms. The smallest absolute Gasteiger partial charge is 0.335 e. The first-order chi connectivity index (χ1) is 11.0. The van der Waals surface area contributed by atoms with E-state index in [-0.39, 0.29) is 0 Å². The molecule has 0 aliphatic heterocycles. The average molecular weight is 313 g/mol. The van der Waals surface area contributed by atoms with E-state index in [9.17, 15) is 4.79 Å². The Kier molecular flexibility index (Phi) is 6.18. The van der Waals surface area contributed by atoms with Gasteiger partial charge in [0.1, 0.15) is 5.75 Å². The van der Waals surface area contributed by atoms with Crippen LogP contribution in [0.5, 0.6) is 5.75 Å². The first-order valence-corrected chi connectivity index (χ1v) is 7.79. The Morgan fingerprint density at radius 3 is 2.00 bits per heavy atom. The van der Waals surface area contributed by atoms with E-state index in [1.165, 1.54) is 5.56 Å². The normalized spacial score (nSPS) is 10.7. The van der Waals surface area contributed by atoms with Gasteiger partial charge in [0, 0.05) is 13.1 Å². The third-order valence-electron chi connectivity index (χ3n) is 3.37. The summed E-state index contributed by atoms with van der Waals surface area (Å²) in [7, 11) is 0. The van der Waals surface area contributed by atoms with E-state index >= 15 is 0 Å². The van der Waals surface area contributed by atoms with Gasteiger partial charge in [-0.05, 0) is 41.3 Å². The van der Waals surface area contributed by atoms with Gasteiger partial charge in [-0.1, -0.05) is 38.1 Å². The molecule has 0 aliphatic carbocycles. The Balaban J connectivity index is 1.78. The molecule has 2 aromatic rings. The molecule has 0 saturated carbocycles. The summed E-state index contributed by atoms with van der Waals surface area (Å²) < 4.78 is 5.66. The Labute approximate surface area is 137 Å². The minimum Gasteiger partial charge on any atom is -0.493 e. The molecule has 0 amide bonds. The monoisotopic (exact) mass is 313 g/mol. The molecule has 0 bridgehead atoms. The molecule has 0 aromatic heterocycles. The van der Waals surface area contributed by atoms with Crippen LogP contribution < -0.4 is 10.1 Å². The molecule has 0 atom stereocenters. The van der Waals surface area contributed by atoms with E-state index in [0.717, 1.165) is 24.5 Å². The van der Waals surface area contributed by atoms with E-state index in [1.807, 2.05) is 24.3 Å². The summed E-state index contributed by atoms with van der Waals surface area (Å²) in [4.78, 5) is 10.8. The molecule has 0 radical (unpaired) electrons. The second-order valence-electron chi connectivity index (χ2n) is 5.95. The minimum atomic E-state index is -0.899. The van der Waals surface area contributed by atoms with Crippen LogP contribution >= 0.6 is 0 Å². The SMILES string of the molecule is CC(C)COc1ccc(CNCc2ccc(C(=O)O)cc2)cc1. The molecule has 2 aromatic carbocycles. The van der Waals surface area contributed by atoms with Gasteiger partial charge >= 0.3 is 5.97 Å². The van der Waals surface area contributed by atoms with Crippen molar-refractivity contribution in [1.29, 1.82) is 0 Å². The lowest BCUT2D eigenvalue weighted by molar-refractivity contribution is 0.0697. The van der Waals surface area contributed by atoms with Crippen molar-refractivity contribution >= 4 is 5.97 Å². The number of ether oxygens (including phenoxy) is 1. The number of carbonyl (C=O) groups is 1. The van der Waals surface area contributed by atoms with Crippen LogP contribution in [0.2, 0.25) is 0 Å². The summed E-state index contributed by atoms with van der Waals surface area (Å²) in [6, 6.07) is 15.0. The summed E-state index contributed by atoms with van der Waals surface area (Å²) >= 11 is 0. The van der Waals surface area contributed by atoms with Crippen LogP contribution in [-0.4, -0.2) is 17.7 Å². The molecular formula is C19H23NO3. The zero-order valence-corrected chi connectivity index (χ0v) is 13.6. The van der Waals surface area contributed by atoms with Crippen molar-refractivity contribution in [2.45, 2.75) is 26.9 Å². The molecule has 2 N–H and O–H groups in total. The molecule has 0 aliphatic rings. The van der Waals surface area contributed by atoms with E-state index < -0.39 is 5.97 Å². The summed E-state index contributed by atoms with van der Waals surface area (Å²) in [6.07, 6.45) is 0. The summed E-state index contributed by atoms with van der Waals surface area (Å²) in [6.45, 7) is 6.43. The average Bonchev–Trinajstić information content (AvgIpc) is 2.54. The summed E-state index contributed by atoms with van der Waals surface area (Å²) in [5, 5.41) is 12.2. The van der Waals surface area contributed by atoms with Crippen LogP contribution in [0.15, 0.2) is 48.5 Å². The van der Waals surface area contributed by atoms with Crippen molar-refractivity contribution in [2.75, 3.05) is 6.61 Å². The van der Waals surface area contributed by atoms with Crippen LogP contribution in [-0.2, 0) is 13.1 Å². The second kappa shape index (κ2) is 8.34. The van der Waals surface area contributed by atoms with E-state index in [4.69, 9.17) is 9.84 Å². The number of aromatic carboxylic acids is 1. The maximum Gasteiger partial charge on any atom is 0.335 e. The summed E-state index contributed by atoms with van der Waals surface area (Å²) in [5.74, 6) is 0.514. The van der Waals surface area contributed by atoms with Gasteiger partial charge in [-0.3, -0.25) is 0 Å². The number of benzene rings is 2. The fourth-order valence-corrected chi connectivity index (χ4v) is 2.08. The molecule has 0 saturated heterocycles. The number of hydrogen-bond acceptors (Lipinski definition) is 3. The number of hydrogen-bond donors (Lipinski definition) is 2. The van der Waals surface area contributed by atoms with E-state index in [0.29, 0.717) is 18.0 Å². The fraction of sp³-hybridized carbons (Fsp3) is 0.316. The van der Waals surface area contributed by atoms with Gasteiger partial charge in [0.05, 0.1) is 12.2 Å². The lowest BCUT2D eigenvalue weighted by Crippen LogP contribution is -2.12. The molecule has 0 spiro atoms. The predicted molar refractivity (Wildman–Crippen MR) is 90.7 cm³/mol. The van der Waals surface area contributed by atoms with Gasteiger partial charge in [0.2, 0.25) is 0 Å². The molecule has 0 unspecified atom stereocenters. The molecule has 0 heterocycles. The van der Waals surface area contributed by atoms with Gasteiger partial charge in [0.15, 0.2) is 0 Å². The number of carboxylic acid groups (broad SMARTS) is 1. The molecule has 0 fully saturated rings. The van der Waals surface area contributed by atoms with E-state index in [2.05, 4.69) is 31.3 Å². The number of nitrogens with one attached hydrogen (secondary N) is 1. The number of rotatable bonds is 8. The first-order valence-electron chi connectivity index (χ1n) is 7.79. The first kappa shape index (κ1) is 17.0. The second-order valence-corrected chi connectivity index (χ2v) is 5.95. The van der Waals surface area contributed by atoms with Crippen molar-refractivity contribution < 1.29 is 14.6 Å². The van der Waals surface area contributed by atoms with Crippen molar-refractivity contribution in [1.82, 2.24) is 5.32 Å². The van der Waals surface area contributed by atoms with Crippen LogP contribution in [0.3, 0.4) is 0 Å². The van der Waals surface area contributed by atoms with Crippen molar-refractivity contribution in [3.63, 3.8) is 0 Å². The predicted octanol–water partition coefficient (Wildman–Crippen LogP) is 3.71. The highest BCUT2D eigenvalue weighted by molar-refractivity contribution is 5.87. The van der Waals surface area contributed by atoms with Crippen LogP contribution in [0.25, 0.3) is 0 Å². The molecule has 122 valence electrons. The maximum absolute atomic E-state index is 10.8. The lowest BCUT2D eigenvalue weighted by atomic mass is 10.1. The molecule has 23 heavy (non-hydrogen) atoms. The third-order valence-corrected chi connectivity index (χ3v) is 3.37. The van der Waals surface area contributed by atoms with Gasteiger partial charge in [-0.25, -0.2) is 4.79 Å². The Hall–Kier alpha value is -2.33. The Morgan fingerprint density at radius 2 is 1.52 bits per heavy atom. The highest BCUT2D eigenvalue weighted by Crippen LogP contribution is 2.13. The van der Waals surface area contributed by atoms with Crippen LogP contribution in [0.1, 0.15) is 35.3 Å². The minimum absolute atomic E-state index is 0.311. The topological polar surface area (TPSA) is 58.6 Å². The highest BCUT2D eigenvalue weighted by atomic mass is 16.5. The lowest BCUT2D eigenvalue weighted by Gasteiger charge is -2.10. The Morgan fingerprint density at radius 1 is 1.00 bits per heavy atom. The van der Waals surface area contributed by atoms with Gasteiger partial charge in [-0.15, -0.1) is 0 Å². The fourth-order valence-electron chi connectivity index (χ4n) is 2.08. The largest absolute Gasteiger partial charge is 0.493 e. The quantitative estimate of drug-likeness (QED) is 0.780. The zero-order chi connectivity index (χ0) is 16.7. The maximum atomic E-state index is 10.8. The van der Waals surface area contributed by atoms with Crippen LogP contribution in [0.4, 0.5) is 0 Å². The Bertz CT molecular complexity index is 618. The van der Waals surface area contributed by atoms with Gasteiger partial charge in [0.25, 0.3) is 0 Å².